The smallest absolute Gasteiger partial charge is 0.0280 e. The van der Waals surface area contributed by atoms with E-state index in [-0.39, 0.29) is 0 Å². The van der Waals surface area contributed by atoms with E-state index in [4.69, 9.17) is 0 Å². The summed E-state index contributed by atoms with van der Waals surface area (Å²) in [7, 11) is 0. The van der Waals surface area contributed by atoms with Crippen LogP contribution in [0.2, 0.25) is 0 Å². The second kappa shape index (κ2) is 1.11. The fourth-order valence-corrected chi connectivity index (χ4v) is 0.489. The lowest BCUT2D eigenvalue weighted by Crippen LogP contribution is -1.56. The van der Waals surface area contributed by atoms with E-state index >= 15 is 0 Å². The Balaban J connectivity index is 2.61. The molecule has 0 atom stereocenters. The number of rotatable bonds is 0. The molecule has 0 aromatic carbocycles. The predicted octanol–water partition coefficient (Wildman–Crippen LogP) is 1.93. The van der Waals surface area contributed by atoms with Crippen LogP contribution in [-0.2, 0) is 0 Å². The third kappa shape index (κ3) is 0.618. The Bertz CT molecular complexity index is 78.2. The molecule has 6 heavy (non-hydrogen) atoms. The minimum absolute atomic E-state index is 1.29. The third-order valence-electron chi connectivity index (χ3n) is 1.10. The standard InChI is InChI=1S/C6H9/c1-5(2)6-3-4-6/h1,3-4H2,2H3. The van der Waals surface area contributed by atoms with Gasteiger partial charge in [-0.05, 0) is 26.7 Å². The van der Waals surface area contributed by atoms with Gasteiger partial charge in [-0.15, -0.1) is 0 Å². The minimum atomic E-state index is 1.29. The SMILES string of the molecule is [CH2]C(C)=C1CC1. The Labute approximate surface area is 38.9 Å². The summed E-state index contributed by atoms with van der Waals surface area (Å²) in [6.07, 6.45) is 2.63. The zero-order valence-corrected chi connectivity index (χ0v) is 4.12. The summed E-state index contributed by atoms with van der Waals surface area (Å²) >= 11 is 0. The summed E-state index contributed by atoms with van der Waals surface area (Å²) in [5.41, 5.74) is 2.85. The maximum Gasteiger partial charge on any atom is -0.0280 e. The summed E-state index contributed by atoms with van der Waals surface area (Å²) in [5, 5.41) is 0. The number of hydrogen-bond acceptors (Lipinski definition) is 0. The van der Waals surface area contributed by atoms with Gasteiger partial charge in [0.15, 0.2) is 0 Å². The monoisotopic (exact) mass is 81.1 g/mol. The highest BCUT2D eigenvalue weighted by molar-refractivity contribution is 5.24. The molecule has 0 aromatic heterocycles. The maximum atomic E-state index is 3.78. The largest absolute Gasteiger partial charge is 0.0738 e. The Kier molecular flexibility index (Phi) is 0.722. The van der Waals surface area contributed by atoms with Gasteiger partial charge in [-0.25, -0.2) is 0 Å². The topological polar surface area (TPSA) is 0 Å². The normalized spacial score (nSPS) is 18.0. The summed E-state index contributed by atoms with van der Waals surface area (Å²) in [5.74, 6) is 0. The summed E-state index contributed by atoms with van der Waals surface area (Å²) < 4.78 is 0. The molecule has 1 saturated carbocycles. The van der Waals surface area contributed by atoms with Gasteiger partial charge in [0.1, 0.15) is 0 Å². The van der Waals surface area contributed by atoms with Crippen LogP contribution in [0.4, 0.5) is 0 Å². The summed E-state index contributed by atoms with van der Waals surface area (Å²) in [4.78, 5) is 0. The van der Waals surface area contributed by atoms with Crippen molar-refractivity contribution in [1.29, 1.82) is 0 Å². The van der Waals surface area contributed by atoms with Crippen LogP contribution in [0.25, 0.3) is 0 Å². The van der Waals surface area contributed by atoms with E-state index in [9.17, 15) is 0 Å². The second-order valence-corrected chi connectivity index (χ2v) is 1.88. The molecular formula is C6H9. The van der Waals surface area contributed by atoms with Crippen LogP contribution < -0.4 is 0 Å². The lowest BCUT2D eigenvalue weighted by atomic mass is 10.3. The van der Waals surface area contributed by atoms with Crippen molar-refractivity contribution in [3.63, 3.8) is 0 Å². The predicted molar refractivity (Wildman–Crippen MR) is 27.3 cm³/mol. The van der Waals surface area contributed by atoms with Gasteiger partial charge in [0.25, 0.3) is 0 Å². The Morgan fingerprint density at radius 1 is 1.67 bits per heavy atom. The zero-order chi connectivity index (χ0) is 4.57. The molecule has 0 amide bonds. The summed E-state index contributed by atoms with van der Waals surface area (Å²) in [6.45, 7) is 5.85. The van der Waals surface area contributed by atoms with Gasteiger partial charge in [0.2, 0.25) is 0 Å². The van der Waals surface area contributed by atoms with Crippen LogP contribution in [0.5, 0.6) is 0 Å². The average Bonchev–Trinajstić information content (AvgIpc) is 2.06. The first-order valence-corrected chi connectivity index (χ1v) is 2.31. The first-order chi connectivity index (χ1) is 2.80. The Hall–Kier alpha value is -0.260. The van der Waals surface area contributed by atoms with Gasteiger partial charge < -0.3 is 0 Å². The molecule has 0 aliphatic heterocycles. The van der Waals surface area contributed by atoms with Crippen molar-refractivity contribution in [2.24, 2.45) is 0 Å². The molecule has 0 nitrogen and oxygen atoms in total. The molecule has 0 heteroatoms. The van der Waals surface area contributed by atoms with Crippen LogP contribution >= 0.6 is 0 Å². The molecule has 1 aliphatic carbocycles. The van der Waals surface area contributed by atoms with Crippen molar-refractivity contribution in [3.05, 3.63) is 18.1 Å². The van der Waals surface area contributed by atoms with Crippen LogP contribution in [0.15, 0.2) is 11.1 Å². The molecule has 1 rings (SSSR count). The molecule has 1 radical (unpaired) electrons. The van der Waals surface area contributed by atoms with Gasteiger partial charge in [0, 0.05) is 0 Å². The van der Waals surface area contributed by atoms with E-state index in [0.29, 0.717) is 0 Å². The molecule has 0 N–H and O–H groups in total. The lowest BCUT2D eigenvalue weighted by molar-refractivity contribution is 1.48. The van der Waals surface area contributed by atoms with Crippen LogP contribution in [0, 0.1) is 6.92 Å². The molecule has 1 aliphatic rings. The van der Waals surface area contributed by atoms with E-state index in [1.807, 2.05) is 0 Å². The third-order valence-corrected chi connectivity index (χ3v) is 1.10. The minimum Gasteiger partial charge on any atom is -0.0738 e. The van der Waals surface area contributed by atoms with Gasteiger partial charge >= 0.3 is 0 Å². The molecule has 0 spiro atoms. The van der Waals surface area contributed by atoms with Crippen molar-refractivity contribution < 1.29 is 0 Å². The molecule has 0 aromatic rings. The van der Waals surface area contributed by atoms with Gasteiger partial charge in [-0.1, -0.05) is 11.1 Å². The van der Waals surface area contributed by atoms with E-state index < -0.39 is 0 Å². The second-order valence-electron chi connectivity index (χ2n) is 1.88. The quantitative estimate of drug-likeness (QED) is 0.418. The van der Waals surface area contributed by atoms with Crippen molar-refractivity contribution >= 4 is 0 Å². The van der Waals surface area contributed by atoms with E-state index in [1.165, 1.54) is 18.4 Å². The number of allylic oxidation sites excluding steroid dienone is 2. The van der Waals surface area contributed by atoms with Crippen molar-refractivity contribution in [2.75, 3.05) is 0 Å². The number of hydrogen-bond donors (Lipinski definition) is 0. The molecular weight excluding hydrogens is 72.1 g/mol. The van der Waals surface area contributed by atoms with Crippen molar-refractivity contribution in [3.8, 4) is 0 Å². The lowest BCUT2D eigenvalue weighted by Gasteiger charge is -1.76. The fourth-order valence-electron chi connectivity index (χ4n) is 0.489. The van der Waals surface area contributed by atoms with Gasteiger partial charge in [0.05, 0.1) is 0 Å². The molecule has 0 saturated heterocycles. The maximum absolute atomic E-state index is 3.78. The van der Waals surface area contributed by atoms with E-state index in [0.717, 1.165) is 0 Å². The van der Waals surface area contributed by atoms with Crippen molar-refractivity contribution in [1.82, 2.24) is 0 Å². The van der Waals surface area contributed by atoms with Crippen LogP contribution in [0.3, 0.4) is 0 Å². The summed E-state index contributed by atoms with van der Waals surface area (Å²) in [6, 6.07) is 0. The molecule has 33 valence electrons. The van der Waals surface area contributed by atoms with E-state index in [2.05, 4.69) is 13.8 Å². The highest BCUT2D eigenvalue weighted by atomic mass is 14.2. The molecule has 0 heterocycles. The highest BCUT2D eigenvalue weighted by Crippen LogP contribution is 2.30. The van der Waals surface area contributed by atoms with Gasteiger partial charge in [-0.2, -0.15) is 0 Å². The fraction of sp³-hybridized carbons (Fsp3) is 0.500. The first-order valence-electron chi connectivity index (χ1n) is 2.31. The average molecular weight is 81.1 g/mol. The molecule has 1 fully saturated rings. The molecule has 0 unspecified atom stereocenters. The van der Waals surface area contributed by atoms with Gasteiger partial charge in [-0.3, -0.25) is 0 Å². The molecule has 0 bridgehead atoms. The van der Waals surface area contributed by atoms with Crippen molar-refractivity contribution in [2.45, 2.75) is 19.8 Å². The van der Waals surface area contributed by atoms with Crippen LogP contribution in [-0.4, -0.2) is 0 Å². The Morgan fingerprint density at radius 2 is 2.17 bits per heavy atom. The highest BCUT2D eigenvalue weighted by Gasteiger charge is 2.10. The Morgan fingerprint density at radius 3 is 2.17 bits per heavy atom. The van der Waals surface area contributed by atoms with E-state index in [1.54, 1.807) is 5.57 Å². The zero-order valence-electron chi connectivity index (χ0n) is 4.12. The first kappa shape index (κ1) is 3.91. The van der Waals surface area contributed by atoms with Crippen LogP contribution in [0.1, 0.15) is 19.8 Å².